The molecule has 1 atom stereocenters. The van der Waals surface area contributed by atoms with E-state index < -0.39 is 0 Å². The standard InChI is InChI=1S/C17H16N2O2/c1-2-11-19-16(10-9-13-6-5-12-21-13)18-15-8-4-3-7-14(15)17(19)20/h2-10,12,16,18H,1,11H2/b10-9+/t16-/m1/s1. The van der Waals surface area contributed by atoms with Crippen LogP contribution in [0.4, 0.5) is 5.69 Å². The molecule has 1 amide bonds. The highest BCUT2D eigenvalue weighted by Crippen LogP contribution is 2.25. The SMILES string of the molecule is C=CCN1C(=O)c2ccccc2N[C@H]1/C=C/c1ccco1. The fourth-order valence-corrected chi connectivity index (χ4v) is 2.37. The molecule has 106 valence electrons. The zero-order valence-corrected chi connectivity index (χ0v) is 11.5. The molecule has 1 aromatic heterocycles. The molecule has 1 aliphatic heterocycles. The number of benzene rings is 1. The summed E-state index contributed by atoms with van der Waals surface area (Å²) in [6.45, 7) is 4.20. The minimum atomic E-state index is -0.226. The van der Waals surface area contributed by atoms with E-state index in [-0.39, 0.29) is 12.1 Å². The maximum absolute atomic E-state index is 12.6. The maximum atomic E-state index is 12.6. The van der Waals surface area contributed by atoms with Gasteiger partial charge in [-0.15, -0.1) is 6.58 Å². The normalized spacial score (nSPS) is 17.6. The topological polar surface area (TPSA) is 45.5 Å². The van der Waals surface area contributed by atoms with Crippen molar-refractivity contribution in [1.82, 2.24) is 4.90 Å². The van der Waals surface area contributed by atoms with Crippen molar-refractivity contribution in [2.24, 2.45) is 0 Å². The summed E-state index contributed by atoms with van der Waals surface area (Å²) in [7, 11) is 0. The molecule has 0 unspecified atom stereocenters. The summed E-state index contributed by atoms with van der Waals surface area (Å²) >= 11 is 0. The first kappa shape index (κ1) is 13.2. The highest BCUT2D eigenvalue weighted by Gasteiger charge is 2.29. The van der Waals surface area contributed by atoms with Crippen molar-refractivity contribution in [2.75, 3.05) is 11.9 Å². The number of para-hydroxylation sites is 1. The molecule has 0 aliphatic carbocycles. The molecule has 1 aromatic carbocycles. The van der Waals surface area contributed by atoms with Gasteiger partial charge in [0, 0.05) is 12.2 Å². The average Bonchev–Trinajstić information content (AvgIpc) is 3.02. The highest BCUT2D eigenvalue weighted by molar-refractivity contribution is 6.02. The number of nitrogens with zero attached hydrogens (tertiary/aromatic N) is 1. The fraction of sp³-hybridized carbons (Fsp3) is 0.118. The number of anilines is 1. The third-order valence-corrected chi connectivity index (χ3v) is 3.37. The van der Waals surface area contributed by atoms with Crippen molar-refractivity contribution >= 4 is 17.7 Å². The number of carbonyl (C=O) groups is 1. The number of carbonyl (C=O) groups excluding carboxylic acids is 1. The number of nitrogens with one attached hydrogen (secondary N) is 1. The van der Waals surface area contributed by atoms with E-state index in [9.17, 15) is 4.79 Å². The van der Waals surface area contributed by atoms with Gasteiger partial charge >= 0.3 is 0 Å². The Labute approximate surface area is 123 Å². The molecular formula is C17H16N2O2. The Morgan fingerprint density at radius 1 is 1.29 bits per heavy atom. The first-order valence-electron chi connectivity index (χ1n) is 6.79. The number of hydrogen-bond acceptors (Lipinski definition) is 3. The van der Waals surface area contributed by atoms with Gasteiger partial charge in [0.1, 0.15) is 11.9 Å². The second-order valence-electron chi connectivity index (χ2n) is 4.76. The van der Waals surface area contributed by atoms with Gasteiger partial charge in [-0.2, -0.15) is 0 Å². The van der Waals surface area contributed by atoms with E-state index in [1.165, 1.54) is 0 Å². The Balaban J connectivity index is 1.91. The van der Waals surface area contributed by atoms with Gasteiger partial charge in [-0.05, 0) is 36.4 Å². The molecule has 4 nitrogen and oxygen atoms in total. The number of rotatable bonds is 4. The number of hydrogen-bond donors (Lipinski definition) is 1. The van der Waals surface area contributed by atoms with E-state index in [0.717, 1.165) is 11.4 Å². The highest BCUT2D eigenvalue weighted by atomic mass is 16.3. The van der Waals surface area contributed by atoms with Crippen LogP contribution in [0.1, 0.15) is 16.1 Å². The predicted molar refractivity (Wildman–Crippen MR) is 82.8 cm³/mol. The van der Waals surface area contributed by atoms with Crippen molar-refractivity contribution < 1.29 is 9.21 Å². The van der Waals surface area contributed by atoms with Crippen molar-refractivity contribution in [3.63, 3.8) is 0 Å². The number of amides is 1. The van der Waals surface area contributed by atoms with Gasteiger partial charge < -0.3 is 14.6 Å². The zero-order chi connectivity index (χ0) is 14.7. The summed E-state index contributed by atoms with van der Waals surface area (Å²) in [6.07, 6.45) is 6.89. The molecule has 0 spiro atoms. The Morgan fingerprint density at radius 2 is 2.14 bits per heavy atom. The molecule has 21 heavy (non-hydrogen) atoms. The quantitative estimate of drug-likeness (QED) is 0.873. The Morgan fingerprint density at radius 3 is 2.90 bits per heavy atom. The van der Waals surface area contributed by atoms with Gasteiger partial charge in [0.15, 0.2) is 0 Å². The van der Waals surface area contributed by atoms with Crippen LogP contribution in [0.5, 0.6) is 0 Å². The van der Waals surface area contributed by atoms with Crippen LogP contribution in [0.2, 0.25) is 0 Å². The molecule has 1 N–H and O–H groups in total. The molecule has 2 heterocycles. The van der Waals surface area contributed by atoms with Crippen molar-refractivity contribution in [3.05, 3.63) is 72.7 Å². The molecule has 1 aliphatic rings. The molecule has 0 fully saturated rings. The van der Waals surface area contributed by atoms with Crippen LogP contribution in [0.15, 0.2) is 65.8 Å². The molecule has 0 radical (unpaired) electrons. The van der Waals surface area contributed by atoms with Crippen LogP contribution >= 0.6 is 0 Å². The molecular weight excluding hydrogens is 264 g/mol. The van der Waals surface area contributed by atoms with Gasteiger partial charge in [0.05, 0.1) is 11.8 Å². The van der Waals surface area contributed by atoms with E-state index >= 15 is 0 Å². The van der Waals surface area contributed by atoms with Crippen LogP contribution in [0, 0.1) is 0 Å². The van der Waals surface area contributed by atoms with Crippen molar-refractivity contribution in [2.45, 2.75) is 6.17 Å². The third-order valence-electron chi connectivity index (χ3n) is 3.37. The van der Waals surface area contributed by atoms with Crippen LogP contribution in [0.25, 0.3) is 6.08 Å². The Hall–Kier alpha value is -2.75. The lowest BCUT2D eigenvalue weighted by Gasteiger charge is -2.35. The van der Waals surface area contributed by atoms with Gasteiger partial charge in [-0.1, -0.05) is 18.2 Å². The molecule has 2 aromatic rings. The van der Waals surface area contributed by atoms with Gasteiger partial charge in [0.2, 0.25) is 0 Å². The second-order valence-corrected chi connectivity index (χ2v) is 4.76. The molecule has 0 saturated heterocycles. The summed E-state index contributed by atoms with van der Waals surface area (Å²) in [5.41, 5.74) is 1.53. The molecule has 0 bridgehead atoms. The van der Waals surface area contributed by atoms with E-state index in [2.05, 4.69) is 11.9 Å². The minimum Gasteiger partial charge on any atom is -0.465 e. The summed E-state index contributed by atoms with van der Waals surface area (Å²) in [6, 6.07) is 11.2. The van der Waals surface area contributed by atoms with Crippen LogP contribution in [-0.4, -0.2) is 23.5 Å². The van der Waals surface area contributed by atoms with Crippen LogP contribution < -0.4 is 5.32 Å². The Bertz CT molecular complexity index is 674. The lowest BCUT2D eigenvalue weighted by atomic mass is 10.1. The number of furan rings is 1. The predicted octanol–water partition coefficient (Wildman–Crippen LogP) is 3.37. The fourth-order valence-electron chi connectivity index (χ4n) is 2.37. The summed E-state index contributed by atoms with van der Waals surface area (Å²) < 4.78 is 5.28. The van der Waals surface area contributed by atoms with Crippen molar-refractivity contribution in [3.8, 4) is 0 Å². The smallest absolute Gasteiger partial charge is 0.258 e. The van der Waals surface area contributed by atoms with E-state index in [1.54, 1.807) is 17.2 Å². The average molecular weight is 280 g/mol. The summed E-state index contributed by atoms with van der Waals surface area (Å²) in [5.74, 6) is 0.750. The van der Waals surface area contributed by atoms with E-state index in [4.69, 9.17) is 4.42 Å². The zero-order valence-electron chi connectivity index (χ0n) is 11.5. The molecule has 0 saturated carbocycles. The summed E-state index contributed by atoms with van der Waals surface area (Å²) in [4.78, 5) is 14.3. The lowest BCUT2D eigenvalue weighted by Crippen LogP contribution is -2.47. The second kappa shape index (κ2) is 5.71. The third kappa shape index (κ3) is 2.60. The van der Waals surface area contributed by atoms with E-state index in [1.807, 2.05) is 48.6 Å². The minimum absolute atomic E-state index is 0.00153. The van der Waals surface area contributed by atoms with E-state index in [0.29, 0.717) is 12.1 Å². The van der Waals surface area contributed by atoms with Gasteiger partial charge in [-0.3, -0.25) is 4.79 Å². The van der Waals surface area contributed by atoms with Crippen LogP contribution in [0.3, 0.4) is 0 Å². The van der Waals surface area contributed by atoms with Gasteiger partial charge in [0.25, 0.3) is 5.91 Å². The van der Waals surface area contributed by atoms with Gasteiger partial charge in [-0.25, -0.2) is 0 Å². The first-order chi connectivity index (χ1) is 10.3. The summed E-state index contributed by atoms with van der Waals surface area (Å²) in [5, 5.41) is 3.35. The lowest BCUT2D eigenvalue weighted by molar-refractivity contribution is 0.0739. The molecule has 4 heteroatoms. The van der Waals surface area contributed by atoms with Crippen molar-refractivity contribution in [1.29, 1.82) is 0 Å². The largest absolute Gasteiger partial charge is 0.465 e. The first-order valence-corrected chi connectivity index (χ1v) is 6.79. The Kier molecular flexibility index (Phi) is 3.60. The monoisotopic (exact) mass is 280 g/mol. The van der Waals surface area contributed by atoms with Crippen LogP contribution in [-0.2, 0) is 0 Å². The number of fused-ring (bicyclic) bond motifs is 1. The maximum Gasteiger partial charge on any atom is 0.258 e. The molecule has 3 rings (SSSR count).